The lowest BCUT2D eigenvalue weighted by molar-refractivity contribution is -0.605. The van der Waals surface area contributed by atoms with Gasteiger partial charge in [-0.05, 0) is 54.2 Å². The minimum absolute atomic E-state index is 0.0283. The van der Waals surface area contributed by atoms with Gasteiger partial charge in [0.2, 0.25) is 0 Å². The molecule has 0 spiro atoms. The quantitative estimate of drug-likeness (QED) is 0.125. The van der Waals surface area contributed by atoms with Gasteiger partial charge in [-0.25, -0.2) is 4.79 Å². The van der Waals surface area contributed by atoms with E-state index in [2.05, 4.69) is 9.64 Å². The van der Waals surface area contributed by atoms with Gasteiger partial charge in [-0.15, -0.1) is 0 Å². The SMILES string of the molecule is COc1cc(CN(C)C(=O)OC(Cc2c(Cl)c[n+]([O-])cc2Cl)c2ccc(OC(F)F)c(OCC3CC3)c2)ccc1OCCN1CCOCC1. The van der Waals surface area contributed by atoms with Crippen molar-refractivity contribution in [2.45, 2.75) is 38.5 Å². The van der Waals surface area contributed by atoms with Crippen LogP contribution < -0.4 is 23.7 Å². The number of rotatable bonds is 16. The molecule has 2 fully saturated rings. The second-order valence-electron chi connectivity index (χ2n) is 11.9. The molecule has 266 valence electrons. The molecule has 1 aliphatic carbocycles. The van der Waals surface area contributed by atoms with E-state index in [9.17, 15) is 18.8 Å². The third-order valence-corrected chi connectivity index (χ3v) is 8.80. The first-order valence-electron chi connectivity index (χ1n) is 15.9. The van der Waals surface area contributed by atoms with E-state index in [1.54, 1.807) is 26.3 Å². The van der Waals surface area contributed by atoms with E-state index < -0.39 is 18.8 Å². The van der Waals surface area contributed by atoms with Crippen molar-refractivity contribution in [1.82, 2.24) is 9.80 Å². The van der Waals surface area contributed by atoms with Crippen molar-refractivity contribution in [2.75, 3.05) is 60.2 Å². The maximum Gasteiger partial charge on any atom is 0.410 e. The summed E-state index contributed by atoms with van der Waals surface area (Å²) in [7, 11) is 3.12. The maximum absolute atomic E-state index is 13.5. The first-order chi connectivity index (χ1) is 23.6. The number of alkyl halides is 2. The van der Waals surface area contributed by atoms with Gasteiger partial charge in [-0.2, -0.15) is 13.5 Å². The second kappa shape index (κ2) is 17.2. The van der Waals surface area contributed by atoms with Crippen LogP contribution in [0.15, 0.2) is 48.8 Å². The van der Waals surface area contributed by atoms with Gasteiger partial charge in [-0.1, -0.05) is 35.3 Å². The third-order valence-electron chi connectivity index (χ3n) is 8.15. The molecule has 2 aromatic carbocycles. The van der Waals surface area contributed by atoms with Crippen LogP contribution in [0, 0.1) is 11.1 Å². The molecule has 0 radical (unpaired) electrons. The number of nitrogens with zero attached hydrogens (tertiary/aromatic N) is 3. The van der Waals surface area contributed by atoms with E-state index in [1.807, 2.05) is 6.07 Å². The van der Waals surface area contributed by atoms with Crippen LogP contribution in [0.25, 0.3) is 0 Å². The number of morpholine rings is 1. The van der Waals surface area contributed by atoms with Crippen molar-refractivity contribution < 1.29 is 46.7 Å². The van der Waals surface area contributed by atoms with E-state index in [1.165, 1.54) is 23.1 Å². The summed E-state index contributed by atoms with van der Waals surface area (Å²) in [4.78, 5) is 17.2. The number of halogens is 4. The normalized spacial score (nSPS) is 15.5. The number of benzene rings is 2. The van der Waals surface area contributed by atoms with Gasteiger partial charge in [0.25, 0.3) is 0 Å². The average Bonchev–Trinajstić information content (AvgIpc) is 3.91. The Balaban J connectivity index is 1.31. The molecule has 11 nitrogen and oxygen atoms in total. The van der Waals surface area contributed by atoms with Crippen LogP contribution in [-0.4, -0.2) is 82.7 Å². The van der Waals surface area contributed by atoms with Crippen LogP contribution in [0.5, 0.6) is 23.0 Å². The van der Waals surface area contributed by atoms with Gasteiger partial charge < -0.3 is 38.5 Å². The summed E-state index contributed by atoms with van der Waals surface area (Å²) in [5.41, 5.74) is 1.53. The number of ether oxygens (including phenoxy) is 6. The van der Waals surface area contributed by atoms with Crippen molar-refractivity contribution in [1.29, 1.82) is 0 Å². The predicted molar refractivity (Wildman–Crippen MR) is 177 cm³/mol. The largest absolute Gasteiger partial charge is 0.619 e. The van der Waals surface area contributed by atoms with E-state index >= 15 is 0 Å². The average molecular weight is 727 g/mol. The van der Waals surface area contributed by atoms with E-state index in [4.69, 9.17) is 46.9 Å². The lowest BCUT2D eigenvalue weighted by Gasteiger charge is -2.26. The zero-order chi connectivity index (χ0) is 34.9. The molecule has 5 rings (SSSR count). The van der Waals surface area contributed by atoms with Crippen molar-refractivity contribution >= 4 is 29.3 Å². The smallest absolute Gasteiger partial charge is 0.410 e. The Morgan fingerprint density at radius 2 is 1.76 bits per heavy atom. The molecule has 0 bridgehead atoms. The summed E-state index contributed by atoms with van der Waals surface area (Å²) in [5, 5.41) is 12.0. The fraction of sp³-hybridized carbons (Fsp3) is 0.471. The van der Waals surface area contributed by atoms with Gasteiger partial charge in [-0.3, -0.25) is 4.90 Å². The number of amides is 1. The fourth-order valence-corrected chi connectivity index (χ4v) is 5.85. The van der Waals surface area contributed by atoms with Crippen molar-refractivity contribution in [3.63, 3.8) is 0 Å². The highest BCUT2D eigenvalue weighted by Gasteiger charge is 2.27. The highest BCUT2D eigenvalue weighted by molar-refractivity contribution is 6.35. The molecule has 1 saturated heterocycles. The van der Waals surface area contributed by atoms with Gasteiger partial charge in [0, 0.05) is 45.2 Å². The molecule has 2 heterocycles. The summed E-state index contributed by atoms with van der Waals surface area (Å²) < 4.78 is 60.3. The number of hydrogen-bond acceptors (Lipinski definition) is 9. The molecular formula is C34H39Cl2F2N3O8. The Bertz CT molecular complexity index is 1550. The summed E-state index contributed by atoms with van der Waals surface area (Å²) in [5.74, 6) is 1.38. The lowest BCUT2D eigenvalue weighted by atomic mass is 10.0. The first-order valence-corrected chi connectivity index (χ1v) is 16.6. The molecule has 3 aromatic rings. The highest BCUT2D eigenvalue weighted by atomic mass is 35.5. The number of hydrogen-bond donors (Lipinski definition) is 0. The van der Waals surface area contributed by atoms with E-state index in [0.29, 0.717) is 59.7 Å². The molecule has 15 heteroatoms. The predicted octanol–water partition coefficient (Wildman–Crippen LogP) is 6.29. The Morgan fingerprint density at radius 3 is 2.43 bits per heavy atom. The van der Waals surface area contributed by atoms with Crippen LogP contribution >= 0.6 is 23.2 Å². The first kappa shape index (κ1) is 36.5. The molecule has 2 aliphatic rings. The monoisotopic (exact) mass is 725 g/mol. The molecule has 1 unspecified atom stereocenters. The van der Waals surface area contributed by atoms with Gasteiger partial charge in [0.1, 0.15) is 22.8 Å². The summed E-state index contributed by atoms with van der Waals surface area (Å²) in [6, 6.07) is 9.76. The van der Waals surface area contributed by atoms with Crippen LogP contribution in [0.2, 0.25) is 10.0 Å². The van der Waals surface area contributed by atoms with Crippen LogP contribution in [0.1, 0.15) is 35.6 Å². The Morgan fingerprint density at radius 1 is 1.04 bits per heavy atom. The van der Waals surface area contributed by atoms with E-state index in [-0.39, 0.29) is 34.5 Å². The van der Waals surface area contributed by atoms with Crippen molar-refractivity contribution in [2.24, 2.45) is 5.92 Å². The van der Waals surface area contributed by atoms with Crippen molar-refractivity contribution in [3.05, 3.63) is 80.7 Å². The Kier molecular flexibility index (Phi) is 12.8. The van der Waals surface area contributed by atoms with Crippen LogP contribution in [0.4, 0.5) is 13.6 Å². The highest BCUT2D eigenvalue weighted by Crippen LogP contribution is 2.38. The molecule has 1 atom stereocenters. The lowest BCUT2D eigenvalue weighted by Crippen LogP contribution is -2.38. The number of aromatic nitrogens is 1. The number of pyridine rings is 1. The molecule has 1 amide bonds. The molecule has 0 N–H and O–H groups in total. The minimum Gasteiger partial charge on any atom is -0.619 e. The van der Waals surface area contributed by atoms with E-state index in [0.717, 1.165) is 50.4 Å². The van der Waals surface area contributed by atoms with Crippen LogP contribution in [0.3, 0.4) is 0 Å². The molecule has 1 saturated carbocycles. The number of carbonyl (C=O) groups is 1. The third kappa shape index (κ3) is 10.6. The maximum atomic E-state index is 13.5. The topological polar surface area (TPSA) is 106 Å². The van der Waals surface area contributed by atoms with Gasteiger partial charge in [0.15, 0.2) is 35.4 Å². The number of methoxy groups -OCH3 is 1. The molecule has 49 heavy (non-hydrogen) atoms. The summed E-state index contributed by atoms with van der Waals surface area (Å²) in [6.45, 7) is 1.82. The standard InChI is InChI=1S/C34H39Cl2F2N3O8/c1-39(18-23-5-7-28(31(15-23)44-2)46-14-11-40-9-12-45-13-10-40)34(42)49-30(17-25-26(35)19-41(43)20-27(25)36)24-6-8-29(48-33(37)38)32(16-24)47-21-22-3-4-22/h5-8,15-16,19-20,22,30,33H,3-4,9-14,17-18,21H2,1-2H3. The van der Waals surface area contributed by atoms with Gasteiger partial charge in [0.05, 0.1) is 26.9 Å². The number of carbonyl (C=O) groups excluding carboxylic acids is 1. The molecule has 1 aliphatic heterocycles. The van der Waals surface area contributed by atoms with Crippen LogP contribution in [-0.2, 0) is 22.4 Å². The molecular weight excluding hydrogens is 687 g/mol. The Hall–Kier alpha value is -3.78. The summed E-state index contributed by atoms with van der Waals surface area (Å²) in [6.07, 6.45) is 2.52. The van der Waals surface area contributed by atoms with Crippen molar-refractivity contribution in [3.8, 4) is 23.0 Å². The zero-order valence-corrected chi connectivity index (χ0v) is 28.8. The zero-order valence-electron chi connectivity index (χ0n) is 27.2. The summed E-state index contributed by atoms with van der Waals surface area (Å²) >= 11 is 12.8. The van der Waals surface area contributed by atoms with Gasteiger partial charge >= 0.3 is 12.7 Å². The Labute approximate surface area is 293 Å². The fourth-order valence-electron chi connectivity index (χ4n) is 5.25. The second-order valence-corrected chi connectivity index (χ2v) is 12.7. The molecule has 1 aromatic heterocycles. The minimum atomic E-state index is -3.06.